The van der Waals surface area contributed by atoms with Crippen LogP contribution in [0.15, 0.2) is 12.1 Å². The molecule has 0 aliphatic heterocycles. The fourth-order valence-electron chi connectivity index (χ4n) is 1.17. The Morgan fingerprint density at radius 2 is 2.08 bits per heavy atom. The van der Waals surface area contributed by atoms with Crippen LogP contribution >= 0.6 is 22.6 Å². The fraction of sp³-hybridized carbons (Fsp3) is 0.200. The van der Waals surface area contributed by atoms with Crippen LogP contribution in [0.1, 0.15) is 33.2 Å². The molecule has 0 saturated carbocycles. The molecule has 0 aromatic heterocycles. The summed E-state index contributed by atoms with van der Waals surface area (Å²) in [5.41, 5.74) is 2.19. The van der Waals surface area contributed by atoms with Gasteiger partial charge in [0.2, 0.25) is 0 Å². The zero-order chi connectivity index (χ0) is 10.0. The molecule has 0 fully saturated rings. The van der Waals surface area contributed by atoms with Crippen molar-refractivity contribution in [1.29, 1.82) is 0 Å². The number of aldehydes is 1. The summed E-state index contributed by atoms with van der Waals surface area (Å²) in [5, 5.41) is 0. The van der Waals surface area contributed by atoms with Crippen molar-refractivity contribution in [3.8, 4) is 0 Å². The lowest BCUT2D eigenvalue weighted by Gasteiger charge is -2.04. The van der Waals surface area contributed by atoms with Crippen LogP contribution in [0.2, 0.25) is 0 Å². The summed E-state index contributed by atoms with van der Waals surface area (Å²) in [4.78, 5) is 21.7. The third-order valence-electron chi connectivity index (χ3n) is 1.85. The van der Waals surface area contributed by atoms with Crippen molar-refractivity contribution in [2.24, 2.45) is 0 Å². The molecule has 0 aliphatic carbocycles. The molecular formula is C10H9IO2. The third kappa shape index (κ3) is 2.15. The van der Waals surface area contributed by atoms with Crippen LogP contribution in [-0.2, 0) is 0 Å². The topological polar surface area (TPSA) is 34.1 Å². The van der Waals surface area contributed by atoms with Gasteiger partial charge in [-0.05, 0) is 54.1 Å². The zero-order valence-corrected chi connectivity index (χ0v) is 9.58. The van der Waals surface area contributed by atoms with Crippen LogP contribution in [-0.4, -0.2) is 12.1 Å². The molecule has 0 radical (unpaired) electrons. The number of aryl methyl sites for hydroxylation is 1. The summed E-state index contributed by atoms with van der Waals surface area (Å²) in [6.45, 7) is 3.36. The average Bonchev–Trinajstić information content (AvgIpc) is 2.07. The summed E-state index contributed by atoms with van der Waals surface area (Å²) in [6.07, 6.45) is 0.804. The molecule has 2 nitrogen and oxygen atoms in total. The van der Waals surface area contributed by atoms with E-state index < -0.39 is 0 Å². The first-order valence-corrected chi connectivity index (χ1v) is 4.90. The number of carbonyl (C=O) groups is 2. The van der Waals surface area contributed by atoms with Gasteiger partial charge in [0.05, 0.1) is 0 Å². The third-order valence-corrected chi connectivity index (χ3v) is 2.78. The molecule has 1 aromatic carbocycles. The number of ketones is 1. The largest absolute Gasteiger partial charge is 0.298 e. The van der Waals surface area contributed by atoms with Crippen molar-refractivity contribution in [1.82, 2.24) is 0 Å². The Hall–Kier alpha value is -0.710. The van der Waals surface area contributed by atoms with Crippen molar-refractivity contribution in [2.45, 2.75) is 13.8 Å². The summed E-state index contributed by atoms with van der Waals surface area (Å²) in [6, 6.07) is 3.49. The molecular weight excluding hydrogens is 279 g/mol. The van der Waals surface area contributed by atoms with E-state index in [0.29, 0.717) is 11.1 Å². The summed E-state index contributed by atoms with van der Waals surface area (Å²) >= 11 is 2.05. The Labute approximate surface area is 90.5 Å². The molecule has 1 aromatic rings. The predicted molar refractivity (Wildman–Crippen MR) is 59.3 cm³/mol. The lowest BCUT2D eigenvalue weighted by Crippen LogP contribution is -1.99. The monoisotopic (exact) mass is 288 g/mol. The van der Waals surface area contributed by atoms with Crippen LogP contribution in [0.3, 0.4) is 0 Å². The van der Waals surface area contributed by atoms with Gasteiger partial charge in [0.25, 0.3) is 0 Å². The number of Topliss-reactive ketones (excluding diaryl/α,β-unsaturated/α-hetero) is 1. The predicted octanol–water partition coefficient (Wildman–Crippen LogP) is 2.61. The number of hydrogen-bond acceptors (Lipinski definition) is 2. The van der Waals surface area contributed by atoms with E-state index in [-0.39, 0.29) is 5.78 Å². The van der Waals surface area contributed by atoms with Gasteiger partial charge in [-0.3, -0.25) is 9.59 Å². The number of halogens is 1. The zero-order valence-electron chi connectivity index (χ0n) is 7.43. The second-order valence-electron chi connectivity index (χ2n) is 2.86. The molecule has 3 heteroatoms. The van der Waals surface area contributed by atoms with Gasteiger partial charge in [0.15, 0.2) is 12.1 Å². The van der Waals surface area contributed by atoms with E-state index in [2.05, 4.69) is 22.6 Å². The van der Waals surface area contributed by atoms with Gasteiger partial charge in [0, 0.05) is 14.7 Å². The van der Waals surface area contributed by atoms with Crippen LogP contribution < -0.4 is 0 Å². The van der Waals surface area contributed by atoms with Crippen LogP contribution in [0, 0.1) is 10.5 Å². The van der Waals surface area contributed by atoms with E-state index >= 15 is 0 Å². The van der Waals surface area contributed by atoms with Gasteiger partial charge in [0.1, 0.15) is 0 Å². The van der Waals surface area contributed by atoms with E-state index in [1.165, 1.54) is 6.92 Å². The number of hydrogen-bond donors (Lipinski definition) is 0. The minimum atomic E-state index is 0.0351. The molecule has 0 N–H and O–H groups in total. The molecule has 0 amide bonds. The summed E-state index contributed by atoms with van der Waals surface area (Å²) < 4.78 is 0.823. The highest BCUT2D eigenvalue weighted by atomic mass is 127. The van der Waals surface area contributed by atoms with Crippen LogP contribution in [0.5, 0.6) is 0 Å². The van der Waals surface area contributed by atoms with Gasteiger partial charge in [-0.25, -0.2) is 0 Å². The van der Waals surface area contributed by atoms with E-state index in [1.54, 1.807) is 12.1 Å². The van der Waals surface area contributed by atoms with E-state index in [4.69, 9.17) is 0 Å². The SMILES string of the molecule is CC(=O)c1cc(I)c(C=O)cc1C. The van der Waals surface area contributed by atoms with Crippen molar-refractivity contribution < 1.29 is 9.59 Å². The molecule has 0 unspecified atom stereocenters. The maximum Gasteiger partial charge on any atom is 0.160 e. The molecule has 0 heterocycles. The van der Waals surface area contributed by atoms with Gasteiger partial charge in [-0.15, -0.1) is 0 Å². The van der Waals surface area contributed by atoms with Crippen molar-refractivity contribution >= 4 is 34.7 Å². The second-order valence-corrected chi connectivity index (χ2v) is 4.02. The number of benzene rings is 1. The standard InChI is InChI=1S/C10H9IO2/c1-6-3-8(5-12)10(11)4-9(6)7(2)13/h3-5H,1-2H3. The minimum absolute atomic E-state index is 0.0351. The van der Waals surface area contributed by atoms with Crippen LogP contribution in [0.25, 0.3) is 0 Å². The average molecular weight is 288 g/mol. The quantitative estimate of drug-likeness (QED) is 0.476. The molecule has 0 spiro atoms. The second kappa shape index (κ2) is 4.00. The maximum absolute atomic E-state index is 11.1. The Morgan fingerprint density at radius 1 is 1.46 bits per heavy atom. The highest BCUT2D eigenvalue weighted by molar-refractivity contribution is 14.1. The molecule has 0 atom stereocenters. The lowest BCUT2D eigenvalue weighted by molar-refractivity contribution is 0.101. The Morgan fingerprint density at radius 3 is 2.54 bits per heavy atom. The lowest BCUT2D eigenvalue weighted by atomic mass is 10.0. The first-order valence-electron chi connectivity index (χ1n) is 3.82. The molecule has 0 saturated heterocycles. The smallest absolute Gasteiger partial charge is 0.160 e. The normalized spacial score (nSPS) is 9.77. The van der Waals surface area contributed by atoms with Crippen molar-refractivity contribution in [2.75, 3.05) is 0 Å². The van der Waals surface area contributed by atoms with Crippen molar-refractivity contribution in [3.63, 3.8) is 0 Å². The Kier molecular flexibility index (Phi) is 3.19. The maximum atomic E-state index is 11.1. The molecule has 68 valence electrons. The van der Waals surface area contributed by atoms with E-state index in [0.717, 1.165) is 15.4 Å². The molecule has 0 bridgehead atoms. The molecule has 1 rings (SSSR count). The molecule has 0 aliphatic rings. The first-order chi connectivity index (χ1) is 6.06. The fourth-order valence-corrected chi connectivity index (χ4v) is 1.77. The van der Waals surface area contributed by atoms with Crippen molar-refractivity contribution in [3.05, 3.63) is 32.4 Å². The van der Waals surface area contributed by atoms with E-state index in [9.17, 15) is 9.59 Å². The van der Waals surface area contributed by atoms with Gasteiger partial charge in [-0.2, -0.15) is 0 Å². The highest BCUT2D eigenvalue weighted by Crippen LogP contribution is 2.17. The molecule has 13 heavy (non-hydrogen) atoms. The van der Waals surface area contributed by atoms with E-state index in [1.807, 2.05) is 6.92 Å². The van der Waals surface area contributed by atoms with Gasteiger partial charge < -0.3 is 0 Å². The number of rotatable bonds is 2. The minimum Gasteiger partial charge on any atom is -0.298 e. The summed E-state index contributed by atoms with van der Waals surface area (Å²) in [5.74, 6) is 0.0351. The highest BCUT2D eigenvalue weighted by Gasteiger charge is 2.07. The Bertz CT molecular complexity index is 369. The van der Waals surface area contributed by atoms with Crippen LogP contribution in [0.4, 0.5) is 0 Å². The first kappa shape index (κ1) is 10.4. The number of carbonyl (C=O) groups excluding carboxylic acids is 2. The van der Waals surface area contributed by atoms with Gasteiger partial charge >= 0.3 is 0 Å². The Balaban J connectivity index is 3.36. The van der Waals surface area contributed by atoms with Gasteiger partial charge in [-0.1, -0.05) is 0 Å². The summed E-state index contributed by atoms with van der Waals surface area (Å²) in [7, 11) is 0.